The first-order valence-corrected chi connectivity index (χ1v) is 8.36. The summed E-state index contributed by atoms with van der Waals surface area (Å²) in [7, 11) is 1.19. The van der Waals surface area contributed by atoms with Crippen LogP contribution in [0.4, 0.5) is 0 Å². The fourth-order valence-corrected chi connectivity index (χ4v) is 2.30. The summed E-state index contributed by atoms with van der Waals surface area (Å²) in [6.45, 7) is 1.60. The first kappa shape index (κ1) is 14.9. The number of hydrogen-bond donors (Lipinski definition) is 1. The van der Waals surface area contributed by atoms with E-state index in [1.807, 2.05) is 0 Å². The summed E-state index contributed by atoms with van der Waals surface area (Å²) in [6.07, 6.45) is 9.42. The minimum Gasteiger partial charge on any atom is -0.377 e. The monoisotopic (exact) mass is 235 g/mol. The fourth-order valence-electron chi connectivity index (χ4n) is 1.22. The zero-order valence-corrected chi connectivity index (χ0v) is 11.3. The predicted molar refractivity (Wildman–Crippen MR) is 69.2 cm³/mol. The molecule has 0 aromatic carbocycles. The second-order valence-electron chi connectivity index (χ2n) is 4.65. The summed E-state index contributed by atoms with van der Waals surface area (Å²) in [4.78, 5) is 11.1. The molecule has 0 heterocycles. The van der Waals surface area contributed by atoms with Gasteiger partial charge in [0, 0.05) is 7.11 Å². The molecule has 0 unspecified atom stereocenters. The van der Waals surface area contributed by atoms with Gasteiger partial charge >= 0.3 is 0 Å². The number of hydrogen-bond acceptors (Lipinski definition) is 3. The zero-order chi connectivity index (χ0) is 11.7. The van der Waals surface area contributed by atoms with Crippen LogP contribution in [0, 0.1) is 0 Å². The largest absolute Gasteiger partial charge is 0.377 e. The van der Waals surface area contributed by atoms with Crippen LogP contribution >= 0.6 is 10.0 Å². The third-order valence-electron chi connectivity index (χ3n) is 1.99. The van der Waals surface area contributed by atoms with Crippen LogP contribution in [0.2, 0.25) is 0 Å². The number of carbonyl (C=O) groups is 1. The van der Waals surface area contributed by atoms with Crippen molar-refractivity contribution in [1.82, 2.24) is 5.32 Å². The summed E-state index contributed by atoms with van der Waals surface area (Å²) < 4.78 is 4.74. The molecule has 3 nitrogen and oxygen atoms in total. The lowest BCUT2D eigenvalue weighted by atomic mass is 10.3. The molecule has 92 valence electrons. The number of ketones is 1. The van der Waals surface area contributed by atoms with E-state index in [1.54, 1.807) is 7.11 Å². The number of carbonyl (C=O) groups excluding carboxylic acids is 1. The normalized spacial score (nSPS) is 12.8. The van der Waals surface area contributed by atoms with Gasteiger partial charge in [-0.15, -0.1) is 0 Å². The highest BCUT2D eigenvalue weighted by Crippen LogP contribution is 2.35. The van der Waals surface area contributed by atoms with Gasteiger partial charge in [-0.3, -0.25) is 4.79 Å². The molecule has 4 heteroatoms. The van der Waals surface area contributed by atoms with Gasteiger partial charge in [-0.25, -0.2) is 10.0 Å². The number of ether oxygens (including phenoxy) is 1. The molecule has 0 aliphatic carbocycles. The highest BCUT2D eigenvalue weighted by molar-refractivity contribution is 8.32. The van der Waals surface area contributed by atoms with Crippen molar-refractivity contribution in [3.05, 3.63) is 0 Å². The molecule has 0 aliphatic heterocycles. The number of nitrogens with one attached hydrogen (secondary N) is 1. The Labute approximate surface area is 95.3 Å². The molecular weight excluding hydrogens is 210 g/mol. The summed E-state index contributed by atoms with van der Waals surface area (Å²) in [6, 6.07) is 0. The van der Waals surface area contributed by atoms with E-state index < -0.39 is 0 Å². The van der Waals surface area contributed by atoms with Crippen LogP contribution in [-0.4, -0.2) is 57.1 Å². The minimum atomic E-state index is -0.351. The molecule has 15 heavy (non-hydrogen) atoms. The summed E-state index contributed by atoms with van der Waals surface area (Å²) in [5, 5.41) is 3.14. The van der Waals surface area contributed by atoms with E-state index in [0.717, 1.165) is 13.0 Å². The molecule has 0 amide bonds. The Bertz CT molecular complexity index is 178. The molecule has 0 atom stereocenters. The molecule has 0 bridgehead atoms. The van der Waals surface area contributed by atoms with E-state index >= 15 is 0 Å². The third-order valence-corrected chi connectivity index (χ3v) is 3.50. The molecule has 0 rings (SSSR count). The predicted octanol–water partition coefficient (Wildman–Crippen LogP) is 1.27. The van der Waals surface area contributed by atoms with Gasteiger partial charge in [0.25, 0.3) is 0 Å². The van der Waals surface area contributed by atoms with Gasteiger partial charge in [-0.05, 0) is 43.9 Å². The third kappa shape index (κ3) is 11.9. The molecule has 0 aromatic heterocycles. The number of Topliss-reactive ketones (excluding diaryl/α,β-unsaturated/α-hetero) is 1. The first-order valence-electron chi connectivity index (χ1n) is 5.33. The zero-order valence-electron chi connectivity index (χ0n) is 10.5. The Hall–Kier alpha value is -0.0600. The van der Waals surface area contributed by atoms with Gasteiger partial charge in [0.15, 0.2) is 5.78 Å². The topological polar surface area (TPSA) is 38.3 Å². The van der Waals surface area contributed by atoms with Crippen molar-refractivity contribution in [1.29, 1.82) is 0 Å². The molecule has 0 spiro atoms. The summed E-state index contributed by atoms with van der Waals surface area (Å²) >= 11 is 0. The van der Waals surface area contributed by atoms with Gasteiger partial charge in [-0.1, -0.05) is 0 Å². The second-order valence-corrected chi connectivity index (χ2v) is 9.24. The fraction of sp³-hybridized carbons (Fsp3) is 0.909. The van der Waals surface area contributed by atoms with Crippen molar-refractivity contribution < 1.29 is 9.53 Å². The van der Waals surface area contributed by atoms with Crippen molar-refractivity contribution in [3.63, 3.8) is 0 Å². The molecular formula is C11H25NO2S. The minimum absolute atomic E-state index is 0.124. The smallest absolute Gasteiger partial charge is 0.172 e. The van der Waals surface area contributed by atoms with Crippen molar-refractivity contribution >= 4 is 15.8 Å². The maximum atomic E-state index is 11.1. The van der Waals surface area contributed by atoms with Crippen molar-refractivity contribution in [2.24, 2.45) is 0 Å². The summed E-state index contributed by atoms with van der Waals surface area (Å²) in [5.74, 6) is 1.44. The first-order chi connectivity index (χ1) is 6.95. The number of rotatable bonds is 9. The van der Waals surface area contributed by atoms with E-state index in [2.05, 4.69) is 24.1 Å². The van der Waals surface area contributed by atoms with Crippen LogP contribution in [0.25, 0.3) is 0 Å². The van der Waals surface area contributed by atoms with Crippen LogP contribution in [0.5, 0.6) is 0 Å². The number of methoxy groups -OCH3 is 1. The second kappa shape index (κ2) is 8.13. The summed E-state index contributed by atoms with van der Waals surface area (Å²) in [5.41, 5.74) is 0. The van der Waals surface area contributed by atoms with Crippen LogP contribution in [0.15, 0.2) is 0 Å². The van der Waals surface area contributed by atoms with Gasteiger partial charge in [-0.2, -0.15) is 0 Å². The number of unbranched alkanes of at least 4 members (excludes halogenated alkanes) is 1. The van der Waals surface area contributed by atoms with Crippen LogP contribution in [-0.2, 0) is 9.53 Å². The maximum absolute atomic E-state index is 11.1. The Morgan fingerprint density at radius 1 is 1.27 bits per heavy atom. The Morgan fingerprint density at radius 2 is 1.93 bits per heavy atom. The molecule has 0 aromatic rings. The van der Waals surface area contributed by atoms with E-state index in [4.69, 9.17) is 4.74 Å². The lowest BCUT2D eigenvalue weighted by Crippen LogP contribution is -2.26. The molecule has 1 N–H and O–H groups in total. The Balaban J connectivity index is 3.22. The average Bonchev–Trinajstić information content (AvgIpc) is 2.09. The van der Waals surface area contributed by atoms with Crippen LogP contribution in [0.1, 0.15) is 12.8 Å². The molecule has 0 aliphatic rings. The maximum Gasteiger partial charge on any atom is 0.172 e. The van der Waals surface area contributed by atoms with Crippen molar-refractivity contribution in [2.75, 3.05) is 51.3 Å². The molecule has 0 radical (unpaired) electrons. The van der Waals surface area contributed by atoms with Crippen molar-refractivity contribution in [2.45, 2.75) is 12.8 Å². The highest BCUT2D eigenvalue weighted by atomic mass is 32.3. The quantitative estimate of drug-likeness (QED) is 0.612. The van der Waals surface area contributed by atoms with E-state index in [1.165, 1.54) is 12.2 Å². The average molecular weight is 235 g/mol. The SMILES string of the molecule is COCC(=O)CNCCCCS(C)(C)C. The van der Waals surface area contributed by atoms with Gasteiger partial charge in [0.1, 0.15) is 6.61 Å². The van der Waals surface area contributed by atoms with Gasteiger partial charge in [0.05, 0.1) is 6.54 Å². The lowest BCUT2D eigenvalue weighted by Gasteiger charge is -2.24. The van der Waals surface area contributed by atoms with E-state index in [9.17, 15) is 4.79 Å². The van der Waals surface area contributed by atoms with Crippen LogP contribution < -0.4 is 5.32 Å². The van der Waals surface area contributed by atoms with E-state index in [-0.39, 0.29) is 22.4 Å². The molecule has 0 saturated carbocycles. The Morgan fingerprint density at radius 3 is 2.47 bits per heavy atom. The lowest BCUT2D eigenvalue weighted by molar-refractivity contribution is -0.121. The van der Waals surface area contributed by atoms with E-state index in [0.29, 0.717) is 6.54 Å². The van der Waals surface area contributed by atoms with Crippen molar-refractivity contribution in [3.8, 4) is 0 Å². The van der Waals surface area contributed by atoms with Crippen LogP contribution in [0.3, 0.4) is 0 Å². The molecule has 0 fully saturated rings. The molecule has 0 saturated heterocycles. The highest BCUT2D eigenvalue weighted by Gasteiger charge is 2.03. The van der Waals surface area contributed by atoms with Gasteiger partial charge < -0.3 is 10.1 Å². The standard InChI is InChI=1S/C11H25NO2S/c1-14-10-11(13)9-12-7-5-6-8-15(2,3)4/h12H,5-10H2,1-4H3. The van der Waals surface area contributed by atoms with Gasteiger partial charge in [0.2, 0.25) is 0 Å². The Kier molecular flexibility index (Phi) is 8.10.